The minimum atomic E-state index is -4.45. The second-order valence-corrected chi connectivity index (χ2v) is 8.17. The molecule has 0 spiro atoms. The van der Waals surface area contributed by atoms with Crippen molar-refractivity contribution in [3.05, 3.63) is 77.6 Å². The number of pyridine rings is 1. The number of hydrogen-bond donors (Lipinski definition) is 0. The highest BCUT2D eigenvalue weighted by molar-refractivity contribution is 5.71. The summed E-state index contributed by atoms with van der Waals surface area (Å²) in [5.74, 6) is 0.810. The number of ether oxygens (including phenoxy) is 3. The molecule has 1 heterocycles. The molecule has 8 heteroatoms. The van der Waals surface area contributed by atoms with E-state index < -0.39 is 11.7 Å². The van der Waals surface area contributed by atoms with Gasteiger partial charge in [0.2, 0.25) is 0 Å². The lowest BCUT2D eigenvalue weighted by atomic mass is 10.0. The third-order valence-electron chi connectivity index (χ3n) is 5.56. The van der Waals surface area contributed by atoms with E-state index in [1.54, 1.807) is 12.1 Å². The van der Waals surface area contributed by atoms with Gasteiger partial charge in [-0.05, 0) is 79.4 Å². The van der Waals surface area contributed by atoms with Crippen molar-refractivity contribution in [2.75, 3.05) is 13.7 Å². The van der Waals surface area contributed by atoms with Gasteiger partial charge < -0.3 is 14.2 Å². The molecular formula is C27H28F3NO4. The average molecular weight is 488 g/mol. The molecule has 0 aliphatic rings. The zero-order valence-electron chi connectivity index (χ0n) is 19.9. The highest BCUT2D eigenvalue weighted by atomic mass is 19.4. The van der Waals surface area contributed by atoms with Crippen LogP contribution in [0.3, 0.4) is 0 Å². The molecule has 0 N–H and O–H groups in total. The van der Waals surface area contributed by atoms with Crippen LogP contribution in [0.5, 0.6) is 11.5 Å². The summed E-state index contributed by atoms with van der Waals surface area (Å²) in [6.45, 7) is 4.17. The second-order valence-electron chi connectivity index (χ2n) is 8.17. The lowest BCUT2D eigenvalue weighted by Crippen LogP contribution is -2.16. The van der Waals surface area contributed by atoms with Crippen LogP contribution >= 0.6 is 0 Å². The van der Waals surface area contributed by atoms with Crippen LogP contribution in [-0.2, 0) is 22.1 Å². The van der Waals surface area contributed by atoms with Gasteiger partial charge in [0.1, 0.15) is 11.5 Å². The van der Waals surface area contributed by atoms with E-state index in [0.29, 0.717) is 48.5 Å². The Morgan fingerprint density at radius 2 is 1.80 bits per heavy atom. The van der Waals surface area contributed by atoms with E-state index in [2.05, 4.69) is 9.72 Å². The number of aromatic nitrogens is 1. The fourth-order valence-corrected chi connectivity index (χ4v) is 3.56. The van der Waals surface area contributed by atoms with Crippen molar-refractivity contribution >= 4 is 5.97 Å². The maximum Gasteiger partial charge on any atom is 0.416 e. The summed E-state index contributed by atoms with van der Waals surface area (Å²) in [6.07, 6.45) is -0.257. The zero-order valence-corrected chi connectivity index (χ0v) is 19.9. The van der Waals surface area contributed by atoms with Crippen LogP contribution in [0, 0.1) is 6.92 Å². The van der Waals surface area contributed by atoms with E-state index in [4.69, 9.17) is 9.47 Å². The van der Waals surface area contributed by atoms with Crippen LogP contribution in [0.4, 0.5) is 13.2 Å². The normalized spacial score (nSPS) is 12.2. The first-order valence-electron chi connectivity index (χ1n) is 11.2. The van der Waals surface area contributed by atoms with Crippen LogP contribution in [0.25, 0.3) is 11.1 Å². The number of halogens is 3. The van der Waals surface area contributed by atoms with Crippen LogP contribution < -0.4 is 9.47 Å². The first kappa shape index (κ1) is 26.1. The highest BCUT2D eigenvalue weighted by Crippen LogP contribution is 2.37. The summed E-state index contributed by atoms with van der Waals surface area (Å²) in [7, 11) is 1.37. The van der Waals surface area contributed by atoms with Gasteiger partial charge in [-0.2, -0.15) is 13.2 Å². The average Bonchev–Trinajstić information content (AvgIpc) is 2.83. The van der Waals surface area contributed by atoms with E-state index in [9.17, 15) is 18.0 Å². The third kappa shape index (κ3) is 7.47. The Balaban J connectivity index is 1.61. The predicted octanol–water partition coefficient (Wildman–Crippen LogP) is 6.42. The lowest BCUT2D eigenvalue weighted by molar-refractivity contribution is -0.140. The maximum atomic E-state index is 13.3. The molecule has 1 unspecified atom stereocenters. The van der Waals surface area contributed by atoms with Crippen molar-refractivity contribution in [2.24, 2.45) is 0 Å². The molecule has 0 amide bonds. The summed E-state index contributed by atoms with van der Waals surface area (Å²) < 4.78 is 56.3. The van der Waals surface area contributed by atoms with Crippen molar-refractivity contribution in [3.8, 4) is 22.6 Å². The molecule has 0 aliphatic heterocycles. The van der Waals surface area contributed by atoms with Gasteiger partial charge in [-0.25, -0.2) is 0 Å². The Kier molecular flexibility index (Phi) is 8.73. The Labute approximate surface area is 202 Å². The van der Waals surface area contributed by atoms with Crippen LogP contribution in [-0.4, -0.2) is 30.8 Å². The summed E-state index contributed by atoms with van der Waals surface area (Å²) in [6, 6.07) is 12.5. The number of esters is 1. The van der Waals surface area contributed by atoms with E-state index in [1.807, 2.05) is 32.0 Å². The molecule has 2 aromatic carbocycles. The van der Waals surface area contributed by atoms with Crippen molar-refractivity contribution in [3.63, 3.8) is 0 Å². The Morgan fingerprint density at radius 1 is 1.06 bits per heavy atom. The number of methoxy groups -OCH3 is 1. The molecule has 0 fully saturated rings. The van der Waals surface area contributed by atoms with Gasteiger partial charge in [0.25, 0.3) is 0 Å². The van der Waals surface area contributed by atoms with Gasteiger partial charge in [-0.15, -0.1) is 0 Å². The van der Waals surface area contributed by atoms with Gasteiger partial charge in [0.15, 0.2) is 0 Å². The number of rotatable bonds is 10. The lowest BCUT2D eigenvalue weighted by Gasteiger charge is -2.19. The Morgan fingerprint density at radius 3 is 2.46 bits per heavy atom. The molecule has 35 heavy (non-hydrogen) atoms. The first-order valence-corrected chi connectivity index (χ1v) is 11.2. The van der Waals surface area contributed by atoms with Crippen LogP contribution in [0.1, 0.15) is 36.5 Å². The standard InChI is InChI=1S/C27H28F3NO4/c1-18-16-23(7-4-20(18)5-9-26(32)33-3)34-15-12-19(2)35-25-8-6-22(27(28,29)30)17-24(25)21-10-13-31-14-11-21/h4,6-8,10-11,13-14,16-17,19H,5,9,12,15H2,1-3H3. The number of carbonyl (C=O) groups excluding carboxylic acids is 1. The van der Waals surface area contributed by atoms with Crippen molar-refractivity contribution in [1.82, 2.24) is 4.98 Å². The molecule has 3 rings (SSSR count). The molecule has 5 nitrogen and oxygen atoms in total. The molecule has 0 bridgehead atoms. The van der Waals surface area contributed by atoms with Gasteiger partial charge in [0, 0.05) is 30.8 Å². The monoisotopic (exact) mass is 487 g/mol. The maximum absolute atomic E-state index is 13.3. The number of hydrogen-bond acceptors (Lipinski definition) is 5. The van der Waals surface area contributed by atoms with E-state index in [0.717, 1.165) is 23.3 Å². The molecule has 0 aliphatic carbocycles. The van der Waals surface area contributed by atoms with E-state index in [-0.39, 0.29) is 12.1 Å². The molecule has 0 saturated heterocycles. The fraction of sp³-hybridized carbons (Fsp3) is 0.333. The quantitative estimate of drug-likeness (QED) is 0.309. The summed E-state index contributed by atoms with van der Waals surface area (Å²) in [4.78, 5) is 15.3. The smallest absolute Gasteiger partial charge is 0.416 e. The molecule has 3 aromatic rings. The topological polar surface area (TPSA) is 57.7 Å². The number of alkyl halides is 3. The number of carbonyl (C=O) groups is 1. The number of aryl methyl sites for hydroxylation is 2. The van der Waals surface area contributed by atoms with Crippen molar-refractivity contribution in [1.29, 1.82) is 0 Å². The SMILES string of the molecule is COC(=O)CCc1ccc(OCCC(C)Oc2ccc(C(F)(F)F)cc2-c2ccncc2)cc1C. The van der Waals surface area contributed by atoms with Gasteiger partial charge >= 0.3 is 12.1 Å². The third-order valence-corrected chi connectivity index (χ3v) is 5.56. The number of benzene rings is 2. The zero-order chi connectivity index (χ0) is 25.4. The molecule has 1 atom stereocenters. The summed E-state index contributed by atoms with van der Waals surface area (Å²) in [5.41, 5.74) is 2.27. The summed E-state index contributed by atoms with van der Waals surface area (Å²) in [5, 5.41) is 0. The Bertz CT molecular complexity index is 1130. The Hall–Kier alpha value is -3.55. The van der Waals surface area contributed by atoms with E-state index >= 15 is 0 Å². The van der Waals surface area contributed by atoms with Crippen molar-refractivity contribution < 1.29 is 32.2 Å². The van der Waals surface area contributed by atoms with Gasteiger partial charge in [0.05, 0.1) is 25.4 Å². The van der Waals surface area contributed by atoms with E-state index in [1.165, 1.54) is 25.6 Å². The fourth-order valence-electron chi connectivity index (χ4n) is 3.56. The van der Waals surface area contributed by atoms with Gasteiger partial charge in [-0.1, -0.05) is 6.07 Å². The second kappa shape index (κ2) is 11.7. The van der Waals surface area contributed by atoms with Gasteiger partial charge in [-0.3, -0.25) is 9.78 Å². The first-order chi connectivity index (χ1) is 16.7. The highest BCUT2D eigenvalue weighted by Gasteiger charge is 2.31. The molecular weight excluding hydrogens is 459 g/mol. The minimum Gasteiger partial charge on any atom is -0.493 e. The minimum absolute atomic E-state index is 0.251. The molecule has 1 aromatic heterocycles. The molecule has 0 saturated carbocycles. The van der Waals surface area contributed by atoms with Crippen LogP contribution in [0.2, 0.25) is 0 Å². The molecule has 0 radical (unpaired) electrons. The largest absolute Gasteiger partial charge is 0.493 e. The predicted molar refractivity (Wildman–Crippen MR) is 126 cm³/mol. The summed E-state index contributed by atoms with van der Waals surface area (Å²) >= 11 is 0. The van der Waals surface area contributed by atoms with Crippen LogP contribution in [0.15, 0.2) is 60.9 Å². The number of nitrogens with zero attached hydrogens (tertiary/aromatic N) is 1. The molecule has 186 valence electrons. The van der Waals surface area contributed by atoms with Crippen molar-refractivity contribution in [2.45, 2.75) is 45.4 Å².